The Labute approximate surface area is 202 Å². The summed E-state index contributed by atoms with van der Waals surface area (Å²) < 4.78 is 11.8. The summed E-state index contributed by atoms with van der Waals surface area (Å²) in [7, 11) is 0. The molecule has 9 heteroatoms. The van der Waals surface area contributed by atoms with Crippen molar-refractivity contribution in [3.05, 3.63) is 53.9 Å². The Balaban J connectivity index is 1.18. The molecule has 0 aliphatic carbocycles. The number of anilines is 2. The fourth-order valence-corrected chi connectivity index (χ4v) is 4.87. The number of aromatic nitrogens is 3. The Morgan fingerprint density at radius 2 is 1.91 bits per heavy atom. The van der Waals surface area contributed by atoms with Crippen LogP contribution in [0.4, 0.5) is 10.8 Å². The predicted octanol–water partition coefficient (Wildman–Crippen LogP) is 4.88. The molecule has 0 atom stereocenters. The van der Waals surface area contributed by atoms with Crippen LogP contribution in [-0.4, -0.2) is 47.3 Å². The number of nitrogens with one attached hydrogen (secondary N) is 1. The maximum Gasteiger partial charge on any atom is 0.227 e. The summed E-state index contributed by atoms with van der Waals surface area (Å²) in [6.45, 7) is 7.47. The van der Waals surface area contributed by atoms with Crippen LogP contribution < -0.4 is 10.2 Å². The molecule has 5 rings (SSSR count). The molecule has 0 bridgehead atoms. The summed E-state index contributed by atoms with van der Waals surface area (Å²) in [4.78, 5) is 23.9. The lowest BCUT2D eigenvalue weighted by atomic mass is 10.0. The van der Waals surface area contributed by atoms with Crippen molar-refractivity contribution in [2.24, 2.45) is 0 Å². The van der Waals surface area contributed by atoms with Crippen molar-refractivity contribution in [3.8, 4) is 11.4 Å². The minimum Gasteiger partial charge on any atom is -0.378 e. The fourth-order valence-electron chi connectivity index (χ4n) is 3.81. The molecule has 1 N–H and O–H groups in total. The van der Waals surface area contributed by atoms with Crippen LogP contribution in [0.25, 0.3) is 21.6 Å². The second-order valence-corrected chi connectivity index (χ2v) is 9.62. The monoisotopic (exact) mass is 477 g/mol. The summed E-state index contributed by atoms with van der Waals surface area (Å²) in [6.07, 6.45) is 0.639. The van der Waals surface area contributed by atoms with E-state index < -0.39 is 0 Å². The molecule has 1 saturated heterocycles. The normalized spacial score (nSPS) is 14.1. The number of fused-ring (bicyclic) bond motifs is 1. The van der Waals surface area contributed by atoms with Gasteiger partial charge in [-0.3, -0.25) is 4.79 Å². The molecule has 34 heavy (non-hydrogen) atoms. The van der Waals surface area contributed by atoms with Crippen molar-refractivity contribution >= 4 is 38.3 Å². The van der Waals surface area contributed by atoms with Gasteiger partial charge < -0.3 is 19.5 Å². The van der Waals surface area contributed by atoms with Gasteiger partial charge in [-0.1, -0.05) is 54.6 Å². The number of aryl methyl sites for hydroxylation is 1. The summed E-state index contributed by atoms with van der Waals surface area (Å²) in [6, 6.07) is 13.9. The van der Waals surface area contributed by atoms with Crippen LogP contribution in [0.5, 0.6) is 0 Å². The third kappa shape index (κ3) is 5.10. The fraction of sp³-hybridized carbons (Fsp3) is 0.360. The zero-order valence-corrected chi connectivity index (χ0v) is 20.1. The second kappa shape index (κ2) is 9.90. The first-order valence-corrected chi connectivity index (χ1v) is 12.3. The number of rotatable bonds is 7. The van der Waals surface area contributed by atoms with Crippen LogP contribution in [0.1, 0.15) is 37.6 Å². The van der Waals surface area contributed by atoms with E-state index in [0.29, 0.717) is 24.1 Å². The molecule has 1 aliphatic heterocycles. The van der Waals surface area contributed by atoms with Crippen LogP contribution in [-0.2, 0) is 16.0 Å². The first kappa shape index (κ1) is 22.5. The van der Waals surface area contributed by atoms with E-state index in [-0.39, 0.29) is 12.3 Å². The predicted molar refractivity (Wildman–Crippen MR) is 133 cm³/mol. The lowest BCUT2D eigenvalue weighted by Gasteiger charge is -2.25. The number of nitrogens with zero attached hydrogens (tertiary/aromatic N) is 4. The second-order valence-electron chi connectivity index (χ2n) is 8.61. The van der Waals surface area contributed by atoms with Gasteiger partial charge in [-0.15, -0.1) is 0 Å². The molecule has 0 saturated carbocycles. The first-order chi connectivity index (χ1) is 16.5. The Morgan fingerprint density at radius 1 is 1.12 bits per heavy atom. The van der Waals surface area contributed by atoms with Gasteiger partial charge in [-0.05, 0) is 29.7 Å². The summed E-state index contributed by atoms with van der Waals surface area (Å²) in [5.41, 5.74) is 3.85. The molecule has 2 aromatic heterocycles. The van der Waals surface area contributed by atoms with Crippen LogP contribution >= 0.6 is 11.3 Å². The van der Waals surface area contributed by atoms with Gasteiger partial charge in [0.15, 0.2) is 5.13 Å². The topological polar surface area (TPSA) is 93.4 Å². The van der Waals surface area contributed by atoms with E-state index in [9.17, 15) is 4.79 Å². The van der Waals surface area contributed by atoms with Crippen LogP contribution in [0, 0.1) is 0 Å². The molecule has 2 aromatic carbocycles. The van der Waals surface area contributed by atoms with E-state index in [2.05, 4.69) is 46.3 Å². The minimum absolute atomic E-state index is 0.0988. The molecule has 3 heterocycles. The van der Waals surface area contributed by atoms with Gasteiger partial charge >= 0.3 is 0 Å². The number of morpholine rings is 1. The van der Waals surface area contributed by atoms with Crippen LogP contribution in [0.3, 0.4) is 0 Å². The van der Waals surface area contributed by atoms with Crippen molar-refractivity contribution in [1.29, 1.82) is 0 Å². The number of carbonyl (C=O) groups is 1. The molecule has 0 unspecified atom stereocenters. The molecular formula is C25H27N5O3S. The van der Waals surface area contributed by atoms with Gasteiger partial charge in [-0.25, -0.2) is 4.98 Å². The molecule has 4 aromatic rings. The third-order valence-electron chi connectivity index (χ3n) is 5.81. The van der Waals surface area contributed by atoms with Crippen molar-refractivity contribution < 1.29 is 14.1 Å². The molecule has 0 spiro atoms. The Kier molecular flexibility index (Phi) is 6.55. The Hall–Kier alpha value is -3.30. The van der Waals surface area contributed by atoms with Crippen molar-refractivity contribution in [3.63, 3.8) is 0 Å². The van der Waals surface area contributed by atoms with E-state index in [1.54, 1.807) is 11.3 Å². The average Bonchev–Trinajstić information content (AvgIpc) is 3.50. The number of benzene rings is 2. The van der Waals surface area contributed by atoms with E-state index in [4.69, 9.17) is 14.2 Å². The lowest BCUT2D eigenvalue weighted by Crippen LogP contribution is -2.36. The van der Waals surface area contributed by atoms with E-state index in [0.717, 1.165) is 52.9 Å². The summed E-state index contributed by atoms with van der Waals surface area (Å²) >= 11 is 1.63. The minimum atomic E-state index is -0.0988. The lowest BCUT2D eigenvalue weighted by molar-refractivity contribution is -0.116. The quantitative estimate of drug-likeness (QED) is 0.405. The van der Waals surface area contributed by atoms with E-state index in [1.165, 1.54) is 5.56 Å². The molecule has 0 radical (unpaired) electrons. The molecule has 1 amide bonds. The maximum absolute atomic E-state index is 12.5. The Bertz CT molecular complexity index is 1280. The van der Waals surface area contributed by atoms with Gasteiger partial charge in [0.1, 0.15) is 0 Å². The van der Waals surface area contributed by atoms with Gasteiger partial charge in [0.05, 0.1) is 23.4 Å². The Morgan fingerprint density at radius 3 is 2.68 bits per heavy atom. The zero-order chi connectivity index (χ0) is 23.5. The summed E-state index contributed by atoms with van der Waals surface area (Å²) in [5.74, 6) is 1.36. The van der Waals surface area contributed by atoms with E-state index in [1.807, 2.05) is 30.3 Å². The van der Waals surface area contributed by atoms with E-state index >= 15 is 0 Å². The number of amides is 1. The van der Waals surface area contributed by atoms with Gasteiger partial charge in [0.25, 0.3) is 0 Å². The number of hydrogen-bond acceptors (Lipinski definition) is 8. The van der Waals surface area contributed by atoms with Crippen molar-refractivity contribution in [2.45, 2.75) is 32.6 Å². The van der Waals surface area contributed by atoms with Crippen molar-refractivity contribution in [2.75, 3.05) is 36.5 Å². The largest absolute Gasteiger partial charge is 0.378 e. The van der Waals surface area contributed by atoms with Gasteiger partial charge in [-0.2, -0.15) is 4.98 Å². The SMILES string of the molecule is CC(C)c1ccc(-c2noc(CCC(=O)Nc3ccc4nc(N5CCOCC5)sc4c3)n2)cc1. The highest BCUT2D eigenvalue weighted by molar-refractivity contribution is 7.22. The molecule has 176 valence electrons. The average molecular weight is 478 g/mol. The number of ether oxygens (including phenoxy) is 1. The number of hydrogen-bond donors (Lipinski definition) is 1. The zero-order valence-electron chi connectivity index (χ0n) is 19.3. The van der Waals surface area contributed by atoms with Crippen LogP contribution in [0.2, 0.25) is 0 Å². The molecule has 1 fully saturated rings. The maximum atomic E-state index is 12.5. The molecule has 1 aliphatic rings. The molecule has 8 nitrogen and oxygen atoms in total. The van der Waals surface area contributed by atoms with Gasteiger partial charge in [0, 0.05) is 37.2 Å². The first-order valence-electron chi connectivity index (χ1n) is 11.5. The van der Waals surface area contributed by atoms with Gasteiger partial charge in [0.2, 0.25) is 17.6 Å². The smallest absolute Gasteiger partial charge is 0.227 e. The van der Waals surface area contributed by atoms with Crippen LogP contribution in [0.15, 0.2) is 47.0 Å². The summed E-state index contributed by atoms with van der Waals surface area (Å²) in [5, 5.41) is 8.02. The highest BCUT2D eigenvalue weighted by Gasteiger charge is 2.16. The number of carbonyl (C=O) groups excluding carboxylic acids is 1. The third-order valence-corrected chi connectivity index (χ3v) is 6.89. The standard InChI is InChI=1S/C25H27N5O3S/c1-16(2)17-3-5-18(6-4-17)24-28-23(33-29-24)10-9-22(31)26-19-7-8-20-21(15-19)34-25(27-20)30-11-13-32-14-12-30/h3-8,15-16H,9-14H2,1-2H3,(H,26,31). The highest BCUT2D eigenvalue weighted by Crippen LogP contribution is 2.31. The highest BCUT2D eigenvalue weighted by atomic mass is 32.1. The number of thiazole rings is 1. The molecular weight excluding hydrogens is 450 g/mol. The van der Waals surface area contributed by atoms with Crippen molar-refractivity contribution in [1.82, 2.24) is 15.1 Å².